The minimum atomic E-state index is -0.603. The van der Waals surface area contributed by atoms with Gasteiger partial charge in [0.05, 0.1) is 5.69 Å². The lowest BCUT2D eigenvalue weighted by Crippen LogP contribution is -2.33. The number of carbonyl (C=O) groups is 1. The van der Waals surface area contributed by atoms with Gasteiger partial charge in [-0.25, -0.2) is 0 Å². The van der Waals surface area contributed by atoms with E-state index in [9.17, 15) is 9.90 Å². The Kier molecular flexibility index (Phi) is 3.02. The second-order valence-corrected chi connectivity index (χ2v) is 6.22. The van der Waals surface area contributed by atoms with Crippen LogP contribution in [-0.4, -0.2) is 15.5 Å². The highest BCUT2D eigenvalue weighted by atomic mass is 16.3. The minimum absolute atomic E-state index is 0.127. The average Bonchev–Trinajstić information content (AvgIpc) is 2.81. The van der Waals surface area contributed by atoms with Gasteiger partial charge < -0.3 is 9.67 Å². The summed E-state index contributed by atoms with van der Waals surface area (Å²) in [4.78, 5) is 12.2. The second-order valence-electron chi connectivity index (χ2n) is 6.22. The van der Waals surface area contributed by atoms with Gasteiger partial charge in [-0.2, -0.15) is 0 Å². The van der Waals surface area contributed by atoms with Crippen molar-refractivity contribution >= 4 is 5.78 Å². The van der Waals surface area contributed by atoms with Gasteiger partial charge in [0.15, 0.2) is 5.78 Å². The smallest absolute Gasteiger partial charge is 0.165 e. The molecule has 104 valence electrons. The van der Waals surface area contributed by atoms with Gasteiger partial charge in [0.1, 0.15) is 6.10 Å². The molecule has 1 N–H and O–H groups in total. The third-order valence-electron chi connectivity index (χ3n) is 4.12. The topological polar surface area (TPSA) is 42.2 Å². The zero-order valence-electron chi connectivity index (χ0n) is 11.8. The van der Waals surface area contributed by atoms with Crippen LogP contribution in [0.25, 0.3) is 0 Å². The quantitative estimate of drug-likeness (QED) is 0.909. The van der Waals surface area contributed by atoms with Crippen molar-refractivity contribution in [3.63, 3.8) is 0 Å². The van der Waals surface area contributed by atoms with Gasteiger partial charge in [-0.1, -0.05) is 44.2 Å². The first kappa shape index (κ1) is 13.1. The molecule has 1 aliphatic carbocycles. The van der Waals surface area contributed by atoms with Crippen LogP contribution in [0, 0.1) is 5.41 Å². The summed E-state index contributed by atoms with van der Waals surface area (Å²) < 4.78 is 1.99. The zero-order valence-corrected chi connectivity index (χ0v) is 11.8. The van der Waals surface area contributed by atoms with Crippen LogP contribution in [0.15, 0.2) is 42.6 Å². The molecule has 2 aromatic rings. The van der Waals surface area contributed by atoms with Gasteiger partial charge in [0.2, 0.25) is 0 Å². The Morgan fingerprint density at radius 3 is 2.65 bits per heavy atom. The van der Waals surface area contributed by atoms with E-state index in [-0.39, 0.29) is 5.78 Å². The zero-order chi connectivity index (χ0) is 14.3. The van der Waals surface area contributed by atoms with Gasteiger partial charge in [-0.3, -0.25) is 4.79 Å². The Hall–Kier alpha value is -1.87. The molecule has 1 atom stereocenters. The molecule has 0 radical (unpaired) electrons. The normalized spacial score (nSPS) is 20.8. The molecule has 0 aliphatic heterocycles. The molecule has 3 rings (SSSR count). The summed E-state index contributed by atoms with van der Waals surface area (Å²) in [5.41, 5.74) is 2.19. The lowest BCUT2D eigenvalue weighted by atomic mass is 9.74. The van der Waals surface area contributed by atoms with Crippen LogP contribution in [0.3, 0.4) is 0 Å². The number of benzene rings is 1. The largest absolute Gasteiger partial charge is 0.386 e. The van der Waals surface area contributed by atoms with E-state index in [1.165, 1.54) is 0 Å². The number of hydrogen-bond acceptors (Lipinski definition) is 2. The highest BCUT2D eigenvalue weighted by Crippen LogP contribution is 2.43. The number of nitrogens with zero attached hydrogens (tertiary/aromatic N) is 1. The van der Waals surface area contributed by atoms with Crippen LogP contribution in [0.2, 0.25) is 0 Å². The van der Waals surface area contributed by atoms with Crippen molar-refractivity contribution in [3.05, 3.63) is 59.4 Å². The van der Waals surface area contributed by atoms with Crippen LogP contribution in [0.4, 0.5) is 0 Å². The van der Waals surface area contributed by atoms with Gasteiger partial charge in [-0.05, 0) is 11.6 Å². The Labute approximate surface area is 118 Å². The summed E-state index contributed by atoms with van der Waals surface area (Å²) in [5, 5.41) is 10.6. The van der Waals surface area contributed by atoms with Gasteiger partial charge in [0, 0.05) is 30.1 Å². The highest BCUT2D eigenvalue weighted by Gasteiger charge is 2.40. The number of rotatable bonds is 2. The van der Waals surface area contributed by atoms with E-state index in [1.807, 2.05) is 48.9 Å². The van der Waals surface area contributed by atoms with Crippen LogP contribution in [0.1, 0.15) is 48.0 Å². The molecule has 3 heteroatoms. The predicted molar refractivity (Wildman–Crippen MR) is 77.7 cm³/mol. The molecule has 0 spiro atoms. The van der Waals surface area contributed by atoms with E-state index >= 15 is 0 Å². The number of fused-ring (bicyclic) bond motifs is 1. The fourth-order valence-corrected chi connectivity index (χ4v) is 2.92. The number of Topliss-reactive ketones (excluding diaryl/α,β-unsaturated/α-hetero) is 1. The molecule has 0 saturated heterocycles. The van der Waals surface area contributed by atoms with Gasteiger partial charge in [-0.15, -0.1) is 0 Å². The molecule has 1 heterocycles. The van der Waals surface area contributed by atoms with Crippen molar-refractivity contribution in [2.24, 2.45) is 5.41 Å². The average molecular weight is 269 g/mol. The maximum absolute atomic E-state index is 12.2. The van der Waals surface area contributed by atoms with E-state index in [0.717, 1.165) is 11.3 Å². The van der Waals surface area contributed by atoms with Crippen LogP contribution < -0.4 is 0 Å². The molecule has 1 aromatic heterocycles. The Balaban J connectivity index is 2.02. The number of ketones is 1. The predicted octanol–water partition coefficient (Wildman–Crippen LogP) is 3.18. The third-order valence-corrected chi connectivity index (χ3v) is 4.12. The summed E-state index contributed by atoms with van der Waals surface area (Å²) >= 11 is 0. The molecule has 3 nitrogen and oxygen atoms in total. The molecule has 0 amide bonds. The first-order valence-corrected chi connectivity index (χ1v) is 6.93. The van der Waals surface area contributed by atoms with E-state index in [1.54, 1.807) is 0 Å². The molecular weight excluding hydrogens is 250 g/mol. The van der Waals surface area contributed by atoms with Crippen molar-refractivity contribution < 1.29 is 9.90 Å². The molecule has 1 unspecified atom stereocenters. The van der Waals surface area contributed by atoms with Crippen molar-refractivity contribution in [2.45, 2.75) is 32.9 Å². The van der Waals surface area contributed by atoms with Crippen molar-refractivity contribution in [3.8, 4) is 0 Å². The first-order chi connectivity index (χ1) is 9.49. The fourth-order valence-electron chi connectivity index (χ4n) is 2.92. The molecule has 0 bridgehead atoms. The number of aliphatic hydroxyl groups is 1. The number of carbonyl (C=O) groups excluding carboxylic acids is 1. The van der Waals surface area contributed by atoms with E-state index in [0.29, 0.717) is 18.5 Å². The lowest BCUT2D eigenvalue weighted by molar-refractivity contribution is 0.0268. The minimum Gasteiger partial charge on any atom is -0.386 e. The van der Waals surface area contributed by atoms with Crippen LogP contribution in [0.5, 0.6) is 0 Å². The fraction of sp³-hybridized carbons (Fsp3) is 0.353. The van der Waals surface area contributed by atoms with E-state index < -0.39 is 11.5 Å². The standard InChI is InChI=1S/C17H19NO2/c1-17(2)10-14(19)13-8-9-18(15(13)16(17)20)11-12-6-4-3-5-7-12/h3-9,16,20H,10-11H2,1-2H3. The molecular formula is C17H19NO2. The first-order valence-electron chi connectivity index (χ1n) is 6.93. The molecule has 1 aliphatic rings. The second kappa shape index (κ2) is 4.60. The summed E-state index contributed by atoms with van der Waals surface area (Å²) in [6, 6.07) is 11.9. The molecule has 20 heavy (non-hydrogen) atoms. The van der Waals surface area contributed by atoms with Crippen molar-refractivity contribution in [2.75, 3.05) is 0 Å². The van der Waals surface area contributed by atoms with Crippen LogP contribution >= 0.6 is 0 Å². The maximum Gasteiger partial charge on any atom is 0.165 e. The Morgan fingerprint density at radius 1 is 1.25 bits per heavy atom. The monoisotopic (exact) mass is 269 g/mol. The van der Waals surface area contributed by atoms with Gasteiger partial charge >= 0.3 is 0 Å². The van der Waals surface area contributed by atoms with E-state index in [4.69, 9.17) is 0 Å². The highest BCUT2D eigenvalue weighted by molar-refractivity contribution is 5.99. The molecule has 0 saturated carbocycles. The Morgan fingerprint density at radius 2 is 1.95 bits per heavy atom. The van der Waals surface area contributed by atoms with Crippen molar-refractivity contribution in [1.82, 2.24) is 4.57 Å². The maximum atomic E-state index is 12.2. The number of aromatic nitrogens is 1. The van der Waals surface area contributed by atoms with E-state index in [2.05, 4.69) is 12.1 Å². The van der Waals surface area contributed by atoms with Crippen molar-refractivity contribution in [1.29, 1.82) is 0 Å². The summed E-state index contributed by atoms with van der Waals surface area (Å²) in [6.07, 6.45) is 1.70. The van der Waals surface area contributed by atoms with Crippen LogP contribution in [-0.2, 0) is 6.54 Å². The number of hydrogen-bond donors (Lipinski definition) is 1. The summed E-state index contributed by atoms with van der Waals surface area (Å²) in [5.74, 6) is 0.127. The Bertz CT molecular complexity index is 640. The third kappa shape index (κ3) is 2.08. The number of aliphatic hydroxyl groups excluding tert-OH is 1. The summed E-state index contributed by atoms with van der Waals surface area (Å²) in [6.45, 7) is 4.56. The SMILES string of the molecule is CC1(C)CC(=O)c2ccn(Cc3ccccc3)c2C1O. The lowest BCUT2D eigenvalue weighted by Gasteiger charge is -2.35. The summed E-state index contributed by atoms with van der Waals surface area (Å²) in [7, 11) is 0. The van der Waals surface area contributed by atoms with Gasteiger partial charge in [0.25, 0.3) is 0 Å². The molecule has 0 fully saturated rings. The molecule has 1 aromatic carbocycles.